The highest BCUT2D eigenvalue weighted by molar-refractivity contribution is 7.24. The van der Waals surface area contributed by atoms with E-state index < -0.39 is 0 Å². The maximum absolute atomic E-state index is 6.91. The van der Waals surface area contributed by atoms with Gasteiger partial charge in [0.05, 0.1) is 33.9 Å². The van der Waals surface area contributed by atoms with Gasteiger partial charge >= 0.3 is 0 Å². The SMILES string of the molecule is Cc1ccc(-c2c3nc(c(-c4ccc(C)cc4)c4ccc(s4)c(-c4ccc(N)cc4)c4nc(c(-c5ccc(C)cc5)c5ccc2o5)C=C4)C=C3)cc1. The number of hydrogen-bond donors (Lipinski definition) is 1. The third-order valence-electron chi connectivity index (χ3n) is 9.72. The summed E-state index contributed by atoms with van der Waals surface area (Å²) in [5.74, 6) is 0. The second-order valence-corrected chi connectivity index (χ2v) is 14.6. The first kappa shape index (κ1) is 31.7. The molecular formula is C47H35N3OS. The van der Waals surface area contributed by atoms with Crippen molar-refractivity contribution in [3.05, 3.63) is 161 Å². The van der Waals surface area contributed by atoms with Gasteiger partial charge in [-0.3, -0.25) is 0 Å². The number of anilines is 1. The molecule has 0 saturated carbocycles. The molecule has 0 atom stereocenters. The van der Waals surface area contributed by atoms with E-state index in [1.165, 1.54) is 16.7 Å². The lowest BCUT2D eigenvalue weighted by Gasteiger charge is -2.07. The Morgan fingerprint density at radius 2 is 0.731 bits per heavy atom. The fourth-order valence-corrected chi connectivity index (χ4v) is 8.13. The molecule has 0 saturated heterocycles. The van der Waals surface area contributed by atoms with Gasteiger partial charge in [-0.2, -0.15) is 0 Å². The van der Waals surface area contributed by atoms with Crippen LogP contribution in [0.2, 0.25) is 0 Å². The van der Waals surface area contributed by atoms with Crippen LogP contribution in [0.5, 0.6) is 0 Å². The summed E-state index contributed by atoms with van der Waals surface area (Å²) in [6, 6.07) is 42.5. The number of nitrogens with zero attached hydrogens (tertiary/aromatic N) is 2. The largest absolute Gasteiger partial charge is 0.456 e. The van der Waals surface area contributed by atoms with Gasteiger partial charge in [0, 0.05) is 26.2 Å². The normalized spacial score (nSPS) is 12.1. The van der Waals surface area contributed by atoms with Gasteiger partial charge in [0.2, 0.25) is 0 Å². The quantitative estimate of drug-likeness (QED) is 0.187. The van der Waals surface area contributed by atoms with Crippen LogP contribution in [0.1, 0.15) is 39.5 Å². The van der Waals surface area contributed by atoms with Gasteiger partial charge in [-0.25, -0.2) is 9.97 Å². The Labute approximate surface area is 306 Å². The Morgan fingerprint density at radius 1 is 0.404 bits per heavy atom. The minimum absolute atomic E-state index is 0.721. The molecule has 7 aromatic rings. The molecule has 0 fully saturated rings. The van der Waals surface area contributed by atoms with E-state index >= 15 is 0 Å². The summed E-state index contributed by atoms with van der Waals surface area (Å²) >= 11 is 1.75. The third kappa shape index (κ3) is 5.75. The first-order valence-corrected chi connectivity index (χ1v) is 18.2. The molecule has 2 aliphatic heterocycles. The van der Waals surface area contributed by atoms with Crippen molar-refractivity contribution in [1.82, 2.24) is 9.97 Å². The maximum atomic E-state index is 6.91. The van der Waals surface area contributed by atoms with Crippen molar-refractivity contribution in [3.8, 4) is 44.5 Å². The Kier molecular flexibility index (Phi) is 7.79. The Balaban J connectivity index is 1.47. The summed E-state index contributed by atoms with van der Waals surface area (Å²) in [6.45, 7) is 6.33. The van der Waals surface area contributed by atoms with Crippen LogP contribution >= 0.6 is 11.3 Å². The molecule has 2 N–H and O–H groups in total. The Morgan fingerprint density at radius 3 is 1.12 bits per heavy atom. The molecule has 9 rings (SSSR count). The number of benzene rings is 4. The molecule has 5 heteroatoms. The lowest BCUT2D eigenvalue weighted by molar-refractivity contribution is 0.667. The van der Waals surface area contributed by atoms with Crippen LogP contribution in [0.15, 0.2) is 126 Å². The number of rotatable bonds is 4. The lowest BCUT2D eigenvalue weighted by atomic mass is 10.0. The van der Waals surface area contributed by atoms with Gasteiger partial charge in [-0.1, -0.05) is 102 Å². The van der Waals surface area contributed by atoms with E-state index in [9.17, 15) is 0 Å². The number of aryl methyl sites for hydroxylation is 3. The van der Waals surface area contributed by atoms with Gasteiger partial charge in [-0.15, -0.1) is 11.3 Å². The van der Waals surface area contributed by atoms with Crippen molar-refractivity contribution < 1.29 is 4.42 Å². The molecule has 250 valence electrons. The number of thiophene rings is 1. The summed E-state index contributed by atoms with van der Waals surface area (Å²) in [6.07, 6.45) is 8.49. The average molecular weight is 690 g/mol. The summed E-state index contributed by atoms with van der Waals surface area (Å²) in [4.78, 5) is 10.8. The van der Waals surface area contributed by atoms with Crippen LogP contribution < -0.4 is 5.73 Å². The molecule has 8 bridgehead atoms. The lowest BCUT2D eigenvalue weighted by Crippen LogP contribution is -1.88. The first-order valence-electron chi connectivity index (χ1n) is 17.4. The van der Waals surface area contributed by atoms with Crippen molar-refractivity contribution in [1.29, 1.82) is 0 Å². The Hall–Kier alpha value is -6.30. The molecular weight excluding hydrogens is 655 g/mol. The smallest absolute Gasteiger partial charge is 0.137 e. The average Bonchev–Trinajstić information content (AvgIpc) is 3.99. The molecule has 2 aliphatic rings. The summed E-state index contributed by atoms with van der Waals surface area (Å²) in [5, 5.41) is 0. The molecule has 4 nitrogen and oxygen atoms in total. The van der Waals surface area contributed by atoms with Crippen molar-refractivity contribution in [3.63, 3.8) is 0 Å². The number of nitrogens with two attached hydrogens (primary N) is 1. The van der Waals surface area contributed by atoms with E-state index in [4.69, 9.17) is 20.1 Å². The van der Waals surface area contributed by atoms with E-state index in [-0.39, 0.29) is 0 Å². The minimum atomic E-state index is 0.721. The van der Waals surface area contributed by atoms with Gasteiger partial charge in [-0.05, 0) is 104 Å². The van der Waals surface area contributed by atoms with E-state index in [1.807, 2.05) is 12.1 Å². The molecule has 0 amide bonds. The van der Waals surface area contributed by atoms with Crippen LogP contribution in [0.4, 0.5) is 5.69 Å². The van der Waals surface area contributed by atoms with Crippen LogP contribution in [0, 0.1) is 20.8 Å². The van der Waals surface area contributed by atoms with Crippen molar-refractivity contribution in [2.24, 2.45) is 0 Å². The number of fused-ring (bicyclic) bond motifs is 8. The third-order valence-corrected chi connectivity index (χ3v) is 10.8. The fraction of sp³-hybridized carbons (Fsp3) is 0.0638. The highest BCUT2D eigenvalue weighted by Gasteiger charge is 2.20. The monoisotopic (exact) mass is 689 g/mol. The number of aromatic nitrogens is 2. The van der Waals surface area contributed by atoms with Gasteiger partial charge in [0.1, 0.15) is 11.2 Å². The number of nitrogen functional groups attached to an aromatic ring is 1. The van der Waals surface area contributed by atoms with Gasteiger partial charge in [0.15, 0.2) is 0 Å². The van der Waals surface area contributed by atoms with E-state index in [2.05, 4.69) is 154 Å². The molecule has 0 unspecified atom stereocenters. The summed E-state index contributed by atoms with van der Waals surface area (Å²) < 4.78 is 9.14. The highest BCUT2D eigenvalue weighted by Crippen LogP contribution is 2.42. The predicted molar refractivity (Wildman–Crippen MR) is 221 cm³/mol. The van der Waals surface area contributed by atoms with Crippen LogP contribution in [-0.2, 0) is 0 Å². The molecule has 5 heterocycles. The summed E-state index contributed by atoms with van der Waals surface area (Å²) in [7, 11) is 0. The highest BCUT2D eigenvalue weighted by atomic mass is 32.1. The van der Waals surface area contributed by atoms with Gasteiger partial charge < -0.3 is 10.2 Å². The topological polar surface area (TPSA) is 64.9 Å². The molecule has 4 aromatic carbocycles. The van der Waals surface area contributed by atoms with Crippen LogP contribution in [0.3, 0.4) is 0 Å². The van der Waals surface area contributed by atoms with Crippen molar-refractivity contribution in [2.75, 3.05) is 5.73 Å². The second kappa shape index (κ2) is 12.8. The summed E-state index contributed by atoms with van der Waals surface area (Å²) in [5.41, 5.74) is 23.7. The molecule has 3 aromatic heterocycles. The molecule has 0 radical (unpaired) electrons. The second-order valence-electron chi connectivity index (χ2n) is 13.5. The van der Waals surface area contributed by atoms with Crippen molar-refractivity contribution >= 4 is 61.9 Å². The van der Waals surface area contributed by atoms with E-state index in [0.717, 1.165) is 93.5 Å². The zero-order valence-corrected chi connectivity index (χ0v) is 30.0. The first-order chi connectivity index (χ1) is 25.4. The standard InChI is InChI=1S/C47H35N3OS/c1-28-4-10-31(11-5-28)44-36-20-22-38(49-36)46(33-14-8-30(3)9-15-33)42-26-27-43(52-42)47(34-16-18-35(48)19-17-34)39-23-21-37(50-39)45(41-25-24-40(44)51-41)32-12-6-29(2)7-13-32/h4-27H,48H2,1-3H3. The Bertz CT molecular complexity index is 2360. The van der Waals surface area contributed by atoms with E-state index in [0.29, 0.717) is 0 Å². The molecule has 0 spiro atoms. The number of furan rings is 1. The fourth-order valence-electron chi connectivity index (χ4n) is 6.97. The van der Waals surface area contributed by atoms with Crippen molar-refractivity contribution in [2.45, 2.75) is 20.8 Å². The molecule has 0 aliphatic carbocycles. The van der Waals surface area contributed by atoms with Gasteiger partial charge in [0.25, 0.3) is 0 Å². The number of hydrogen-bond acceptors (Lipinski definition) is 5. The maximum Gasteiger partial charge on any atom is 0.137 e. The minimum Gasteiger partial charge on any atom is -0.456 e. The van der Waals surface area contributed by atoms with E-state index in [1.54, 1.807) is 11.3 Å². The zero-order valence-electron chi connectivity index (χ0n) is 29.1. The predicted octanol–water partition coefficient (Wildman–Crippen LogP) is 12.8. The molecule has 52 heavy (non-hydrogen) atoms. The van der Waals surface area contributed by atoms with Crippen LogP contribution in [0.25, 0.3) is 89.4 Å². The van der Waals surface area contributed by atoms with Crippen LogP contribution in [-0.4, -0.2) is 9.97 Å². The zero-order chi connectivity index (χ0) is 35.3.